The van der Waals surface area contributed by atoms with E-state index in [4.69, 9.17) is 0 Å². The summed E-state index contributed by atoms with van der Waals surface area (Å²) in [4.78, 5) is -1.15. The number of halogens is 7. The molecule has 0 N–H and O–H groups in total. The first-order chi connectivity index (χ1) is 14.3. The van der Waals surface area contributed by atoms with Crippen molar-refractivity contribution in [3.8, 4) is 0 Å². The Kier molecular flexibility index (Phi) is 5.88. The van der Waals surface area contributed by atoms with E-state index in [1.807, 2.05) is 0 Å². The van der Waals surface area contributed by atoms with Crippen molar-refractivity contribution in [2.24, 2.45) is 0 Å². The molecule has 3 aromatic rings. The number of hydrogen-bond donors (Lipinski definition) is 0. The second-order valence-electron chi connectivity index (χ2n) is 6.63. The molecule has 0 amide bonds. The first kappa shape index (κ1) is 22.8. The summed E-state index contributed by atoms with van der Waals surface area (Å²) in [7, 11) is -4.81. The maximum atomic E-state index is 13.3. The zero-order valence-electron chi connectivity index (χ0n) is 15.4. The molecule has 0 fully saturated rings. The van der Waals surface area contributed by atoms with E-state index in [0.29, 0.717) is 0 Å². The largest absolute Gasteiger partial charge is 0.416 e. The lowest BCUT2D eigenvalue weighted by molar-refractivity contribution is -0.143. The van der Waals surface area contributed by atoms with Crippen molar-refractivity contribution in [1.82, 2.24) is 0 Å². The molecule has 0 saturated carbocycles. The molecule has 31 heavy (non-hydrogen) atoms. The van der Waals surface area contributed by atoms with Crippen LogP contribution in [-0.2, 0) is 22.2 Å². The molecule has 3 aromatic carbocycles. The van der Waals surface area contributed by atoms with Crippen molar-refractivity contribution in [2.75, 3.05) is 0 Å². The fourth-order valence-electron chi connectivity index (χ4n) is 3.04. The minimum Gasteiger partial charge on any atom is -0.223 e. The van der Waals surface area contributed by atoms with Gasteiger partial charge >= 0.3 is 12.4 Å². The monoisotopic (exact) mass is 462 g/mol. The molecular formula is C21H13F7O2S. The van der Waals surface area contributed by atoms with Crippen LogP contribution in [0.3, 0.4) is 0 Å². The highest BCUT2D eigenvalue weighted by atomic mass is 32.2. The highest BCUT2D eigenvalue weighted by molar-refractivity contribution is 7.92. The van der Waals surface area contributed by atoms with Crippen molar-refractivity contribution in [2.45, 2.75) is 22.5 Å². The van der Waals surface area contributed by atoms with Crippen LogP contribution >= 0.6 is 0 Å². The molecule has 2 nitrogen and oxygen atoms in total. The lowest BCUT2D eigenvalue weighted by Crippen LogP contribution is -2.18. The summed E-state index contributed by atoms with van der Waals surface area (Å²) in [6, 6.07) is 11.6. The van der Waals surface area contributed by atoms with Gasteiger partial charge in [0.15, 0.2) is 9.84 Å². The fourth-order valence-corrected chi connectivity index (χ4v) is 4.93. The minimum absolute atomic E-state index is 0.0152. The molecule has 0 spiro atoms. The van der Waals surface area contributed by atoms with E-state index in [9.17, 15) is 39.2 Å². The quantitative estimate of drug-likeness (QED) is 0.419. The van der Waals surface area contributed by atoms with Gasteiger partial charge in [-0.1, -0.05) is 42.5 Å². The van der Waals surface area contributed by atoms with E-state index in [2.05, 4.69) is 0 Å². The van der Waals surface area contributed by atoms with Gasteiger partial charge in [0.05, 0.1) is 16.0 Å². The molecule has 0 aromatic heterocycles. The van der Waals surface area contributed by atoms with Crippen molar-refractivity contribution >= 4 is 9.84 Å². The summed E-state index contributed by atoms with van der Waals surface area (Å²) >= 11 is 0. The van der Waals surface area contributed by atoms with Crippen LogP contribution in [0.2, 0.25) is 0 Å². The standard InChI is InChI=1S/C21H13F7O2S/c22-17-8-6-14(7-9-17)19(13-4-2-1-3-5-13)31(29,30)18-11-15(20(23,24)25)10-16(12-18)21(26,27)28/h1-12,19H. The topological polar surface area (TPSA) is 34.1 Å². The molecule has 0 saturated heterocycles. The molecule has 0 aliphatic carbocycles. The van der Waals surface area contributed by atoms with Crippen molar-refractivity contribution in [3.05, 3.63) is 101 Å². The normalized spacial score (nSPS) is 13.8. The highest BCUT2D eigenvalue weighted by Gasteiger charge is 2.40. The zero-order chi connectivity index (χ0) is 23.0. The van der Waals surface area contributed by atoms with Gasteiger partial charge in [-0.15, -0.1) is 0 Å². The number of alkyl halides is 6. The second kappa shape index (κ2) is 7.99. The Labute approximate surface area is 172 Å². The molecule has 1 unspecified atom stereocenters. The zero-order valence-corrected chi connectivity index (χ0v) is 16.2. The predicted octanol–water partition coefficient (Wildman–Crippen LogP) is 6.43. The average molecular weight is 462 g/mol. The van der Waals surface area contributed by atoms with Gasteiger partial charge in [-0.2, -0.15) is 26.3 Å². The van der Waals surface area contributed by atoms with Gasteiger partial charge in [0.1, 0.15) is 11.1 Å². The van der Waals surface area contributed by atoms with Crippen LogP contribution in [0.5, 0.6) is 0 Å². The number of sulfone groups is 1. The maximum absolute atomic E-state index is 13.3. The van der Waals surface area contributed by atoms with Crippen LogP contribution in [0.1, 0.15) is 27.5 Å². The molecular weight excluding hydrogens is 449 g/mol. The second-order valence-corrected chi connectivity index (χ2v) is 8.66. The Morgan fingerprint density at radius 2 is 1.10 bits per heavy atom. The van der Waals surface area contributed by atoms with Crippen LogP contribution < -0.4 is 0 Å². The van der Waals surface area contributed by atoms with Crippen LogP contribution in [0.25, 0.3) is 0 Å². The maximum Gasteiger partial charge on any atom is 0.416 e. The van der Waals surface area contributed by atoms with Crippen molar-refractivity contribution in [3.63, 3.8) is 0 Å². The van der Waals surface area contributed by atoms with E-state index >= 15 is 0 Å². The van der Waals surface area contributed by atoms with Crippen molar-refractivity contribution in [1.29, 1.82) is 0 Å². The van der Waals surface area contributed by atoms with Gasteiger partial charge in [-0.05, 0) is 41.5 Å². The summed E-state index contributed by atoms with van der Waals surface area (Å²) in [6.45, 7) is 0. The number of rotatable bonds is 4. The molecule has 0 bridgehead atoms. The van der Waals surface area contributed by atoms with Gasteiger partial charge in [0.25, 0.3) is 0 Å². The third kappa shape index (κ3) is 4.90. The molecule has 0 aliphatic rings. The van der Waals surface area contributed by atoms with E-state index in [0.717, 1.165) is 24.3 Å². The Morgan fingerprint density at radius 3 is 1.55 bits per heavy atom. The van der Waals surface area contributed by atoms with Crippen LogP contribution in [0.4, 0.5) is 30.7 Å². The summed E-state index contributed by atoms with van der Waals surface area (Å²) in [6.07, 6.45) is -10.4. The van der Waals surface area contributed by atoms with Crippen LogP contribution in [0, 0.1) is 5.82 Å². The van der Waals surface area contributed by atoms with Crippen LogP contribution in [0.15, 0.2) is 77.7 Å². The average Bonchev–Trinajstić information content (AvgIpc) is 2.69. The van der Waals surface area contributed by atoms with Crippen molar-refractivity contribution < 1.29 is 39.2 Å². The van der Waals surface area contributed by atoms with E-state index in [-0.39, 0.29) is 29.3 Å². The van der Waals surface area contributed by atoms with Gasteiger partial charge in [0, 0.05) is 0 Å². The lowest BCUT2D eigenvalue weighted by atomic mass is 10.0. The SMILES string of the molecule is O=S(=O)(c1cc(C(F)(F)F)cc(C(F)(F)F)c1)C(c1ccccc1)c1ccc(F)cc1. The first-order valence-electron chi connectivity index (χ1n) is 8.64. The van der Waals surface area contributed by atoms with E-state index in [1.54, 1.807) is 6.07 Å². The summed E-state index contributed by atoms with van der Waals surface area (Å²) in [5.41, 5.74) is -3.41. The summed E-state index contributed by atoms with van der Waals surface area (Å²) in [5, 5.41) is -1.65. The Hall–Kier alpha value is -2.88. The van der Waals surface area contributed by atoms with Gasteiger partial charge in [-0.25, -0.2) is 12.8 Å². The molecule has 1 atom stereocenters. The first-order valence-corrected chi connectivity index (χ1v) is 10.2. The fraction of sp³-hybridized carbons (Fsp3) is 0.143. The molecule has 0 radical (unpaired) electrons. The number of benzene rings is 3. The number of hydrogen-bond acceptors (Lipinski definition) is 2. The Morgan fingerprint density at radius 1 is 0.645 bits per heavy atom. The highest BCUT2D eigenvalue weighted by Crippen LogP contribution is 2.41. The lowest BCUT2D eigenvalue weighted by Gasteiger charge is -2.21. The predicted molar refractivity (Wildman–Crippen MR) is 98.3 cm³/mol. The van der Waals surface area contributed by atoms with Crippen LogP contribution in [-0.4, -0.2) is 8.42 Å². The summed E-state index contributed by atoms with van der Waals surface area (Å²) in [5.74, 6) is -0.689. The van der Waals surface area contributed by atoms with Gasteiger partial charge in [-0.3, -0.25) is 0 Å². The smallest absolute Gasteiger partial charge is 0.223 e. The summed E-state index contributed by atoms with van der Waals surface area (Å²) < 4.78 is 119. The third-order valence-corrected chi connectivity index (χ3v) is 6.53. The third-order valence-electron chi connectivity index (χ3n) is 4.48. The van der Waals surface area contributed by atoms with Gasteiger partial charge < -0.3 is 0 Å². The Bertz CT molecular complexity index is 1130. The molecule has 0 heterocycles. The molecule has 3 rings (SSSR count). The molecule has 0 aliphatic heterocycles. The van der Waals surface area contributed by atoms with Gasteiger partial charge in [0.2, 0.25) is 0 Å². The Balaban J connectivity index is 2.28. The minimum atomic E-state index is -5.20. The molecule has 164 valence electrons. The molecule has 10 heteroatoms. The van der Waals surface area contributed by atoms with E-state index in [1.165, 1.54) is 24.3 Å². The van der Waals surface area contributed by atoms with E-state index < -0.39 is 49.3 Å².